The van der Waals surface area contributed by atoms with Crippen molar-refractivity contribution >= 4 is 23.1 Å². The molecule has 2 heterocycles. The number of hydrogen-bond donors (Lipinski definition) is 2. The molecule has 0 saturated heterocycles. The molecular weight excluding hydrogens is 356 g/mol. The molecule has 0 spiro atoms. The van der Waals surface area contributed by atoms with E-state index in [0.717, 1.165) is 17.0 Å². The van der Waals surface area contributed by atoms with Crippen molar-refractivity contribution in [1.82, 2.24) is 10.3 Å². The van der Waals surface area contributed by atoms with Gasteiger partial charge in [-0.15, -0.1) is 11.3 Å². The molecular formula is C19H17F2N3OS. The Morgan fingerprint density at radius 1 is 1.12 bits per heavy atom. The Hall–Kier alpha value is -2.80. The van der Waals surface area contributed by atoms with Crippen molar-refractivity contribution in [1.29, 1.82) is 0 Å². The molecule has 0 unspecified atom stereocenters. The monoisotopic (exact) mass is 373 g/mol. The lowest BCUT2D eigenvalue weighted by Crippen LogP contribution is -2.24. The molecule has 0 aliphatic heterocycles. The number of halogens is 2. The molecule has 0 radical (unpaired) electrons. The van der Waals surface area contributed by atoms with Crippen LogP contribution in [-0.4, -0.2) is 10.9 Å². The van der Waals surface area contributed by atoms with Gasteiger partial charge in [-0.3, -0.25) is 4.79 Å². The van der Waals surface area contributed by atoms with Gasteiger partial charge in [-0.1, -0.05) is 6.07 Å². The highest BCUT2D eigenvalue weighted by molar-refractivity contribution is 7.11. The highest BCUT2D eigenvalue weighted by Crippen LogP contribution is 2.18. The van der Waals surface area contributed by atoms with Crippen LogP contribution in [0.4, 0.5) is 14.6 Å². The van der Waals surface area contributed by atoms with Gasteiger partial charge in [-0.05, 0) is 48.9 Å². The third-order valence-electron chi connectivity index (χ3n) is 3.72. The van der Waals surface area contributed by atoms with E-state index in [-0.39, 0.29) is 12.5 Å². The van der Waals surface area contributed by atoms with Crippen LogP contribution in [-0.2, 0) is 13.1 Å². The van der Waals surface area contributed by atoms with Crippen LogP contribution in [0.1, 0.15) is 25.7 Å². The van der Waals surface area contributed by atoms with Crippen LogP contribution in [0.5, 0.6) is 0 Å². The van der Waals surface area contributed by atoms with Crippen molar-refractivity contribution in [2.24, 2.45) is 0 Å². The average molecular weight is 373 g/mol. The van der Waals surface area contributed by atoms with E-state index in [4.69, 9.17) is 0 Å². The zero-order valence-corrected chi connectivity index (χ0v) is 14.9. The summed E-state index contributed by atoms with van der Waals surface area (Å²) < 4.78 is 26.2. The molecule has 1 aromatic carbocycles. The molecule has 0 aliphatic carbocycles. The molecule has 4 nitrogen and oxygen atoms in total. The Bertz CT molecular complexity index is 927. The van der Waals surface area contributed by atoms with Gasteiger partial charge in [0.25, 0.3) is 5.91 Å². The van der Waals surface area contributed by atoms with Crippen LogP contribution in [0.25, 0.3) is 0 Å². The van der Waals surface area contributed by atoms with E-state index in [0.29, 0.717) is 23.5 Å². The number of carbonyl (C=O) groups is 1. The number of aromatic nitrogens is 1. The molecule has 2 N–H and O–H groups in total. The van der Waals surface area contributed by atoms with Crippen LogP contribution in [0.15, 0.2) is 48.7 Å². The maximum Gasteiger partial charge on any atom is 0.255 e. The summed E-state index contributed by atoms with van der Waals surface area (Å²) >= 11 is 1.67. The van der Waals surface area contributed by atoms with E-state index < -0.39 is 11.6 Å². The fourth-order valence-electron chi connectivity index (χ4n) is 2.41. The zero-order chi connectivity index (χ0) is 18.5. The molecule has 0 bridgehead atoms. The first-order chi connectivity index (χ1) is 12.5. The second-order valence-electron chi connectivity index (χ2n) is 5.70. The summed E-state index contributed by atoms with van der Waals surface area (Å²) in [4.78, 5) is 19.0. The number of carbonyl (C=O) groups excluding carboxylic acids is 1. The third kappa shape index (κ3) is 4.43. The highest BCUT2D eigenvalue weighted by Gasteiger charge is 2.12. The summed E-state index contributed by atoms with van der Waals surface area (Å²) in [5, 5.41) is 5.87. The molecule has 0 fully saturated rings. The Balaban J connectivity index is 1.66. The quantitative estimate of drug-likeness (QED) is 0.678. The highest BCUT2D eigenvalue weighted by atomic mass is 32.1. The van der Waals surface area contributed by atoms with Gasteiger partial charge in [-0.25, -0.2) is 13.8 Å². The van der Waals surface area contributed by atoms with Crippen molar-refractivity contribution in [2.45, 2.75) is 20.0 Å². The lowest BCUT2D eigenvalue weighted by atomic mass is 10.2. The third-order valence-corrected chi connectivity index (χ3v) is 4.72. The number of aryl methyl sites for hydroxylation is 1. The second kappa shape index (κ2) is 8.05. The van der Waals surface area contributed by atoms with E-state index in [1.807, 2.05) is 19.1 Å². The number of pyridine rings is 1. The first-order valence-corrected chi connectivity index (χ1v) is 8.81. The van der Waals surface area contributed by atoms with E-state index in [1.165, 1.54) is 10.9 Å². The van der Waals surface area contributed by atoms with Gasteiger partial charge in [-0.2, -0.15) is 0 Å². The molecule has 0 saturated carbocycles. The van der Waals surface area contributed by atoms with E-state index in [2.05, 4.69) is 15.6 Å². The number of hydrogen-bond acceptors (Lipinski definition) is 4. The molecule has 1 amide bonds. The van der Waals surface area contributed by atoms with Gasteiger partial charge in [0.2, 0.25) is 0 Å². The van der Waals surface area contributed by atoms with Gasteiger partial charge in [0, 0.05) is 22.5 Å². The van der Waals surface area contributed by atoms with Gasteiger partial charge in [0.1, 0.15) is 5.82 Å². The second-order valence-corrected chi connectivity index (χ2v) is 7.07. The number of nitrogens with one attached hydrogen (secondary N) is 2. The molecule has 3 aromatic rings. The predicted molar refractivity (Wildman–Crippen MR) is 98.1 cm³/mol. The van der Waals surface area contributed by atoms with E-state index in [9.17, 15) is 13.6 Å². The van der Waals surface area contributed by atoms with Crippen molar-refractivity contribution < 1.29 is 13.6 Å². The number of rotatable bonds is 6. The molecule has 2 aromatic heterocycles. The van der Waals surface area contributed by atoms with Gasteiger partial charge < -0.3 is 10.6 Å². The average Bonchev–Trinajstić information content (AvgIpc) is 3.06. The van der Waals surface area contributed by atoms with Crippen molar-refractivity contribution in [3.63, 3.8) is 0 Å². The fraction of sp³-hybridized carbons (Fsp3) is 0.158. The Morgan fingerprint density at radius 3 is 2.69 bits per heavy atom. The van der Waals surface area contributed by atoms with Crippen molar-refractivity contribution in [2.75, 3.05) is 5.32 Å². The summed E-state index contributed by atoms with van der Waals surface area (Å²) in [6, 6.07) is 10.9. The number of nitrogens with zero attached hydrogens (tertiary/aromatic N) is 1. The van der Waals surface area contributed by atoms with Crippen LogP contribution >= 0.6 is 11.3 Å². The Labute approximate surface area is 153 Å². The summed E-state index contributed by atoms with van der Waals surface area (Å²) in [6.07, 6.45) is 1.61. The zero-order valence-electron chi connectivity index (χ0n) is 14.1. The van der Waals surface area contributed by atoms with Crippen LogP contribution < -0.4 is 10.6 Å². The molecule has 7 heteroatoms. The van der Waals surface area contributed by atoms with E-state index >= 15 is 0 Å². The predicted octanol–water partition coefficient (Wildman–Crippen LogP) is 4.27. The largest absolute Gasteiger partial charge is 0.365 e. The first kappa shape index (κ1) is 18.0. The number of benzene rings is 1. The molecule has 0 atom stereocenters. The lowest BCUT2D eigenvalue weighted by molar-refractivity contribution is 0.0951. The minimum absolute atomic E-state index is 0.0918. The summed E-state index contributed by atoms with van der Waals surface area (Å²) in [6.45, 7) is 2.69. The summed E-state index contributed by atoms with van der Waals surface area (Å²) in [5.41, 5.74) is 0.869. The number of thiophene rings is 1. The SMILES string of the molecule is Cc1ccc(CNc2ncccc2C(=O)NCc2ccc(F)c(F)c2)s1. The first-order valence-electron chi connectivity index (χ1n) is 7.99. The van der Waals surface area contributed by atoms with Gasteiger partial charge in [0.05, 0.1) is 12.1 Å². The molecule has 134 valence electrons. The summed E-state index contributed by atoms with van der Waals surface area (Å²) in [5.74, 6) is -1.72. The fourth-order valence-corrected chi connectivity index (χ4v) is 3.24. The Morgan fingerprint density at radius 2 is 1.96 bits per heavy atom. The van der Waals surface area contributed by atoms with E-state index in [1.54, 1.807) is 29.7 Å². The molecule has 0 aliphatic rings. The van der Waals surface area contributed by atoms with Crippen molar-refractivity contribution in [3.8, 4) is 0 Å². The topological polar surface area (TPSA) is 54.0 Å². The minimum atomic E-state index is -0.938. The van der Waals surface area contributed by atoms with Crippen LogP contribution in [0.3, 0.4) is 0 Å². The van der Waals surface area contributed by atoms with Crippen LogP contribution in [0.2, 0.25) is 0 Å². The number of amides is 1. The number of anilines is 1. The minimum Gasteiger partial charge on any atom is -0.365 e. The van der Waals surface area contributed by atoms with Gasteiger partial charge >= 0.3 is 0 Å². The maximum atomic E-state index is 13.2. The van der Waals surface area contributed by atoms with Crippen molar-refractivity contribution in [3.05, 3.63) is 81.2 Å². The molecule has 3 rings (SSSR count). The standard InChI is InChI=1S/C19H17F2N3OS/c1-12-4-6-14(26-12)11-23-18-15(3-2-8-22-18)19(25)24-10-13-5-7-16(20)17(21)9-13/h2-9H,10-11H2,1H3,(H,22,23)(H,24,25). The summed E-state index contributed by atoms with van der Waals surface area (Å²) in [7, 11) is 0. The Kier molecular flexibility index (Phi) is 5.58. The maximum absolute atomic E-state index is 13.2. The normalized spacial score (nSPS) is 10.6. The molecule has 26 heavy (non-hydrogen) atoms. The smallest absolute Gasteiger partial charge is 0.255 e. The lowest BCUT2D eigenvalue weighted by Gasteiger charge is -2.11. The van der Waals surface area contributed by atoms with Gasteiger partial charge in [0.15, 0.2) is 11.6 Å². The van der Waals surface area contributed by atoms with Crippen LogP contribution in [0, 0.1) is 18.6 Å².